The maximum atomic E-state index is 12.9. The second-order valence-corrected chi connectivity index (χ2v) is 7.82. The number of rotatable bonds is 8. The molecule has 0 aliphatic rings. The summed E-state index contributed by atoms with van der Waals surface area (Å²) in [7, 11) is 0. The van der Waals surface area contributed by atoms with Crippen molar-refractivity contribution in [2.24, 2.45) is 5.73 Å². The Morgan fingerprint density at radius 3 is 1.67 bits per heavy atom. The van der Waals surface area contributed by atoms with Crippen molar-refractivity contribution in [3.8, 4) is 0 Å². The SMILES string of the molecule is NC(Cc1cccc(Br)c1)(C(=O)OCc1ccccc1)C(=O)OCc1ccccc1. The highest BCUT2D eigenvalue weighted by molar-refractivity contribution is 9.10. The number of benzene rings is 3. The van der Waals surface area contributed by atoms with E-state index in [0.29, 0.717) is 5.56 Å². The van der Waals surface area contributed by atoms with Crippen LogP contribution in [-0.2, 0) is 38.7 Å². The summed E-state index contributed by atoms with van der Waals surface area (Å²) in [6.45, 7) is 0.0339. The molecule has 2 N–H and O–H groups in total. The topological polar surface area (TPSA) is 78.6 Å². The first-order valence-corrected chi connectivity index (χ1v) is 10.2. The van der Waals surface area contributed by atoms with E-state index in [-0.39, 0.29) is 19.6 Å². The van der Waals surface area contributed by atoms with Gasteiger partial charge in [0, 0.05) is 10.9 Å². The van der Waals surface area contributed by atoms with Gasteiger partial charge in [-0.25, -0.2) is 9.59 Å². The Bertz CT molecular complexity index is 937. The van der Waals surface area contributed by atoms with Crippen LogP contribution in [0, 0.1) is 0 Å². The minimum absolute atomic E-state index is 0.0169. The van der Waals surface area contributed by atoms with E-state index in [0.717, 1.165) is 15.6 Å². The molecule has 5 nitrogen and oxygen atoms in total. The lowest BCUT2D eigenvalue weighted by Gasteiger charge is -2.25. The van der Waals surface area contributed by atoms with Crippen LogP contribution in [-0.4, -0.2) is 17.5 Å². The molecular formula is C24H22BrNO4. The third kappa shape index (κ3) is 5.78. The lowest BCUT2D eigenvalue weighted by molar-refractivity contribution is -0.166. The Hall–Kier alpha value is -2.96. The second-order valence-electron chi connectivity index (χ2n) is 6.90. The van der Waals surface area contributed by atoms with Crippen molar-refractivity contribution < 1.29 is 19.1 Å². The van der Waals surface area contributed by atoms with E-state index in [2.05, 4.69) is 15.9 Å². The molecule has 0 heterocycles. The quantitative estimate of drug-likeness (QED) is 0.397. The van der Waals surface area contributed by atoms with Crippen LogP contribution in [0.2, 0.25) is 0 Å². The first kappa shape index (κ1) is 21.7. The summed E-state index contributed by atoms with van der Waals surface area (Å²) in [5.41, 5.74) is 6.67. The molecule has 0 aliphatic heterocycles. The van der Waals surface area contributed by atoms with Crippen molar-refractivity contribution in [3.05, 3.63) is 106 Å². The summed E-state index contributed by atoms with van der Waals surface area (Å²) in [4.78, 5) is 25.8. The van der Waals surface area contributed by atoms with Crippen LogP contribution in [0.1, 0.15) is 16.7 Å². The zero-order valence-corrected chi connectivity index (χ0v) is 17.9. The third-order valence-electron chi connectivity index (χ3n) is 4.53. The van der Waals surface area contributed by atoms with Crippen molar-refractivity contribution in [2.45, 2.75) is 25.2 Å². The molecule has 0 saturated carbocycles. The van der Waals surface area contributed by atoms with Crippen molar-refractivity contribution in [1.82, 2.24) is 0 Å². The summed E-state index contributed by atoms with van der Waals surface area (Å²) >= 11 is 3.39. The molecule has 0 radical (unpaired) electrons. The maximum Gasteiger partial charge on any atom is 0.338 e. The minimum Gasteiger partial charge on any atom is -0.459 e. The fraction of sp³-hybridized carbons (Fsp3) is 0.167. The highest BCUT2D eigenvalue weighted by atomic mass is 79.9. The molecule has 0 unspecified atom stereocenters. The van der Waals surface area contributed by atoms with Crippen LogP contribution >= 0.6 is 15.9 Å². The molecule has 0 atom stereocenters. The largest absolute Gasteiger partial charge is 0.459 e. The molecule has 30 heavy (non-hydrogen) atoms. The lowest BCUT2D eigenvalue weighted by Crippen LogP contribution is -2.58. The normalized spacial score (nSPS) is 11.0. The lowest BCUT2D eigenvalue weighted by atomic mass is 9.92. The van der Waals surface area contributed by atoms with Crippen molar-refractivity contribution in [1.29, 1.82) is 0 Å². The van der Waals surface area contributed by atoms with Gasteiger partial charge in [-0.3, -0.25) is 0 Å². The molecule has 0 amide bonds. The first-order valence-electron chi connectivity index (χ1n) is 9.43. The van der Waals surface area contributed by atoms with Gasteiger partial charge in [-0.1, -0.05) is 88.7 Å². The van der Waals surface area contributed by atoms with E-state index < -0.39 is 17.5 Å². The number of esters is 2. The van der Waals surface area contributed by atoms with Gasteiger partial charge in [0.1, 0.15) is 13.2 Å². The molecule has 0 aromatic heterocycles. The molecule has 0 bridgehead atoms. The average molecular weight is 468 g/mol. The van der Waals surface area contributed by atoms with Crippen LogP contribution in [0.25, 0.3) is 0 Å². The Labute approximate surface area is 183 Å². The van der Waals surface area contributed by atoms with Crippen molar-refractivity contribution in [3.63, 3.8) is 0 Å². The van der Waals surface area contributed by atoms with Crippen LogP contribution < -0.4 is 5.73 Å². The van der Waals surface area contributed by atoms with Gasteiger partial charge in [0.2, 0.25) is 5.54 Å². The van der Waals surface area contributed by atoms with Gasteiger partial charge < -0.3 is 15.2 Å². The Morgan fingerprint density at radius 1 is 0.733 bits per heavy atom. The second kappa shape index (κ2) is 10.2. The molecule has 0 saturated heterocycles. The van der Waals surface area contributed by atoms with Gasteiger partial charge in [0.25, 0.3) is 0 Å². The molecule has 3 aromatic rings. The van der Waals surface area contributed by atoms with Gasteiger partial charge in [0.05, 0.1) is 0 Å². The van der Waals surface area contributed by atoms with E-state index in [9.17, 15) is 9.59 Å². The highest BCUT2D eigenvalue weighted by Gasteiger charge is 2.45. The van der Waals surface area contributed by atoms with Crippen LogP contribution in [0.5, 0.6) is 0 Å². The molecular weight excluding hydrogens is 446 g/mol. The number of ether oxygens (including phenoxy) is 2. The smallest absolute Gasteiger partial charge is 0.338 e. The Kier molecular flexibility index (Phi) is 7.38. The summed E-state index contributed by atoms with van der Waals surface area (Å²) in [6.07, 6.45) is -0.0479. The zero-order chi connectivity index (χ0) is 21.4. The molecule has 3 rings (SSSR count). The zero-order valence-electron chi connectivity index (χ0n) is 16.3. The Balaban J connectivity index is 1.77. The molecule has 0 fully saturated rings. The number of carbonyl (C=O) groups excluding carboxylic acids is 2. The third-order valence-corrected chi connectivity index (χ3v) is 5.02. The van der Waals surface area contributed by atoms with Gasteiger partial charge in [0.15, 0.2) is 0 Å². The summed E-state index contributed by atoms with van der Waals surface area (Å²) < 4.78 is 11.6. The van der Waals surface area contributed by atoms with Gasteiger partial charge in [-0.05, 0) is 28.8 Å². The standard InChI is InChI=1S/C24H22BrNO4/c25-21-13-7-12-20(14-21)15-24(26,22(27)29-16-18-8-3-1-4-9-18)23(28)30-17-19-10-5-2-6-11-19/h1-14H,15-17,26H2. The van der Waals surface area contributed by atoms with Crippen LogP contribution in [0.4, 0.5) is 0 Å². The van der Waals surface area contributed by atoms with E-state index in [1.807, 2.05) is 72.8 Å². The van der Waals surface area contributed by atoms with Gasteiger partial charge in [-0.2, -0.15) is 0 Å². The average Bonchev–Trinajstić information content (AvgIpc) is 2.77. The number of hydrogen-bond donors (Lipinski definition) is 1. The maximum absolute atomic E-state index is 12.9. The fourth-order valence-corrected chi connectivity index (χ4v) is 3.35. The molecule has 3 aromatic carbocycles. The van der Waals surface area contributed by atoms with Crippen LogP contribution in [0.3, 0.4) is 0 Å². The molecule has 6 heteroatoms. The molecule has 0 spiro atoms. The van der Waals surface area contributed by atoms with E-state index in [1.165, 1.54) is 0 Å². The van der Waals surface area contributed by atoms with E-state index in [4.69, 9.17) is 15.2 Å². The number of hydrogen-bond acceptors (Lipinski definition) is 5. The minimum atomic E-state index is -1.97. The highest BCUT2D eigenvalue weighted by Crippen LogP contribution is 2.20. The van der Waals surface area contributed by atoms with E-state index in [1.54, 1.807) is 12.1 Å². The monoisotopic (exact) mass is 467 g/mol. The molecule has 0 aliphatic carbocycles. The summed E-state index contributed by atoms with van der Waals surface area (Å²) in [5, 5.41) is 0. The van der Waals surface area contributed by atoms with Gasteiger partial charge >= 0.3 is 11.9 Å². The van der Waals surface area contributed by atoms with Crippen molar-refractivity contribution in [2.75, 3.05) is 0 Å². The number of carbonyl (C=O) groups is 2. The fourth-order valence-electron chi connectivity index (χ4n) is 2.90. The predicted octanol–water partition coefficient (Wildman–Crippen LogP) is 4.18. The number of halogens is 1. The summed E-state index contributed by atoms with van der Waals surface area (Å²) in [5.74, 6) is -1.66. The Morgan fingerprint density at radius 2 is 1.20 bits per heavy atom. The predicted molar refractivity (Wildman–Crippen MR) is 117 cm³/mol. The van der Waals surface area contributed by atoms with Gasteiger partial charge in [-0.15, -0.1) is 0 Å². The van der Waals surface area contributed by atoms with E-state index >= 15 is 0 Å². The van der Waals surface area contributed by atoms with Crippen molar-refractivity contribution >= 4 is 27.9 Å². The number of nitrogens with two attached hydrogens (primary N) is 1. The summed E-state index contributed by atoms with van der Waals surface area (Å²) in [6, 6.07) is 25.7. The molecule has 154 valence electrons. The first-order chi connectivity index (χ1) is 14.5. The van der Waals surface area contributed by atoms with Crippen LogP contribution in [0.15, 0.2) is 89.4 Å².